The number of fused-ring (bicyclic) bond motifs is 1. The van der Waals surface area contributed by atoms with E-state index in [0.717, 1.165) is 52.5 Å². The number of carbonyl (C=O) groups excluding carboxylic acids is 1. The maximum absolute atomic E-state index is 13.2. The van der Waals surface area contributed by atoms with E-state index < -0.39 is 0 Å². The summed E-state index contributed by atoms with van der Waals surface area (Å²) >= 11 is 0. The smallest absolute Gasteiger partial charge is 0.167 e. The van der Waals surface area contributed by atoms with Crippen molar-refractivity contribution < 1.29 is 9.53 Å². The molecule has 0 saturated heterocycles. The number of benzene rings is 1. The number of aromatic amines is 1. The minimum absolute atomic E-state index is 0.170. The highest BCUT2D eigenvalue weighted by Gasteiger charge is 2.32. The Hall–Kier alpha value is -3.34. The van der Waals surface area contributed by atoms with Crippen LogP contribution in [0.3, 0.4) is 0 Å². The number of carbonyl (C=O) groups is 1. The first-order chi connectivity index (χ1) is 15.2. The number of ether oxygens (including phenoxy) is 1. The molecule has 158 valence electrons. The van der Waals surface area contributed by atoms with Gasteiger partial charge in [0.1, 0.15) is 5.75 Å². The van der Waals surface area contributed by atoms with Gasteiger partial charge in [0.05, 0.1) is 29.7 Å². The highest BCUT2D eigenvalue weighted by molar-refractivity contribution is 6.07. The standard InChI is InChI=1S/C26H27N3O2/c1-2-6-18-13-21-24(22(30)14-18)26(28-19-7-4-3-5-8-19)25(29-21)20-11-12-27-15-23(20)31-16-17-9-10-17/h2-5,7-8,11-12,15,17-18,28-29H,1,6,9-10,13-14,16H2/t18-/m0/s1. The van der Waals surface area contributed by atoms with Gasteiger partial charge in [-0.3, -0.25) is 9.78 Å². The lowest BCUT2D eigenvalue weighted by Crippen LogP contribution is -2.19. The molecule has 1 fully saturated rings. The molecular weight excluding hydrogens is 386 g/mol. The molecule has 2 aliphatic carbocycles. The van der Waals surface area contributed by atoms with Crippen LogP contribution in [0.25, 0.3) is 11.3 Å². The zero-order valence-corrected chi connectivity index (χ0v) is 17.6. The maximum atomic E-state index is 13.2. The number of para-hydroxylation sites is 1. The Kier molecular flexibility index (Phi) is 5.33. The average molecular weight is 414 g/mol. The van der Waals surface area contributed by atoms with E-state index in [4.69, 9.17) is 4.74 Å². The third-order valence-electron chi connectivity index (χ3n) is 6.09. The van der Waals surface area contributed by atoms with Crippen LogP contribution in [0, 0.1) is 11.8 Å². The summed E-state index contributed by atoms with van der Waals surface area (Å²) in [6, 6.07) is 11.9. The lowest BCUT2D eigenvalue weighted by Gasteiger charge is -2.21. The van der Waals surface area contributed by atoms with Gasteiger partial charge in [-0.2, -0.15) is 0 Å². The van der Waals surface area contributed by atoms with Crippen molar-refractivity contribution in [3.8, 4) is 17.0 Å². The van der Waals surface area contributed by atoms with Crippen molar-refractivity contribution in [3.63, 3.8) is 0 Å². The van der Waals surface area contributed by atoms with Crippen molar-refractivity contribution in [1.29, 1.82) is 0 Å². The minimum atomic E-state index is 0.170. The van der Waals surface area contributed by atoms with E-state index in [-0.39, 0.29) is 11.7 Å². The fourth-order valence-corrected chi connectivity index (χ4v) is 4.33. The van der Waals surface area contributed by atoms with E-state index in [1.165, 1.54) is 12.8 Å². The number of ketones is 1. The van der Waals surface area contributed by atoms with E-state index in [9.17, 15) is 4.79 Å². The molecule has 0 spiro atoms. The van der Waals surface area contributed by atoms with E-state index in [0.29, 0.717) is 18.9 Å². The number of Topliss-reactive ketones (excluding diaryl/α,β-unsaturated/α-hetero) is 1. The van der Waals surface area contributed by atoms with Gasteiger partial charge in [-0.25, -0.2) is 0 Å². The lowest BCUT2D eigenvalue weighted by molar-refractivity contribution is 0.0950. The van der Waals surface area contributed by atoms with Gasteiger partial charge in [-0.05, 0) is 55.7 Å². The van der Waals surface area contributed by atoms with E-state index >= 15 is 0 Å². The summed E-state index contributed by atoms with van der Waals surface area (Å²) in [6.45, 7) is 4.57. The number of H-pyrrole nitrogens is 1. The summed E-state index contributed by atoms with van der Waals surface area (Å²) < 4.78 is 6.13. The SMILES string of the molecule is C=CC[C@@H]1CC(=O)c2c([nH]c(-c3ccncc3OCC3CC3)c2Nc2ccccc2)C1. The van der Waals surface area contributed by atoms with E-state index in [1.54, 1.807) is 12.4 Å². The van der Waals surface area contributed by atoms with Crippen molar-refractivity contribution in [3.05, 3.63) is 72.7 Å². The third kappa shape index (κ3) is 4.13. The second kappa shape index (κ2) is 8.42. The average Bonchev–Trinajstić information content (AvgIpc) is 3.54. The first-order valence-corrected chi connectivity index (χ1v) is 11.0. The molecule has 0 aliphatic heterocycles. The summed E-state index contributed by atoms with van der Waals surface area (Å²) in [6.07, 6.45) is 10.1. The predicted octanol–water partition coefficient (Wildman–Crippen LogP) is 5.93. The van der Waals surface area contributed by atoms with Crippen LogP contribution in [0.2, 0.25) is 0 Å². The molecule has 1 atom stereocenters. The van der Waals surface area contributed by atoms with Crippen LogP contribution in [-0.2, 0) is 6.42 Å². The van der Waals surface area contributed by atoms with Crippen LogP contribution in [0.4, 0.5) is 11.4 Å². The quantitative estimate of drug-likeness (QED) is 0.449. The van der Waals surface area contributed by atoms with Gasteiger partial charge < -0.3 is 15.0 Å². The monoisotopic (exact) mass is 413 g/mol. The van der Waals surface area contributed by atoms with Crippen molar-refractivity contribution in [1.82, 2.24) is 9.97 Å². The molecular formula is C26H27N3O2. The maximum Gasteiger partial charge on any atom is 0.167 e. The van der Waals surface area contributed by atoms with Gasteiger partial charge in [0.2, 0.25) is 0 Å². The number of nitrogens with one attached hydrogen (secondary N) is 2. The number of hydrogen-bond donors (Lipinski definition) is 2. The van der Waals surface area contributed by atoms with Crippen LogP contribution in [-0.4, -0.2) is 22.4 Å². The molecule has 2 aromatic heterocycles. The molecule has 1 aromatic carbocycles. The number of allylic oxidation sites excluding steroid dienone is 1. The topological polar surface area (TPSA) is 67.0 Å². The van der Waals surface area contributed by atoms with E-state index in [2.05, 4.69) is 21.9 Å². The Morgan fingerprint density at radius 1 is 1.16 bits per heavy atom. The van der Waals surface area contributed by atoms with Crippen molar-refractivity contribution in [2.75, 3.05) is 11.9 Å². The summed E-state index contributed by atoms with van der Waals surface area (Å²) in [5.41, 5.74) is 5.34. The zero-order chi connectivity index (χ0) is 21.2. The van der Waals surface area contributed by atoms with Crippen LogP contribution < -0.4 is 10.1 Å². The van der Waals surface area contributed by atoms with Gasteiger partial charge in [-0.15, -0.1) is 6.58 Å². The normalized spacial score (nSPS) is 17.8. The Labute approximate surface area is 182 Å². The highest BCUT2D eigenvalue weighted by atomic mass is 16.5. The number of pyridine rings is 1. The van der Waals surface area contributed by atoms with Crippen LogP contribution in [0.5, 0.6) is 5.75 Å². The highest BCUT2D eigenvalue weighted by Crippen LogP contribution is 2.43. The molecule has 5 rings (SSSR count). The van der Waals surface area contributed by atoms with Gasteiger partial charge in [0.15, 0.2) is 5.78 Å². The molecule has 2 heterocycles. The molecule has 2 N–H and O–H groups in total. The Morgan fingerprint density at radius 3 is 2.77 bits per heavy atom. The summed E-state index contributed by atoms with van der Waals surface area (Å²) in [4.78, 5) is 21.1. The number of nitrogens with zero attached hydrogens (tertiary/aromatic N) is 1. The summed E-state index contributed by atoms with van der Waals surface area (Å²) in [7, 11) is 0. The van der Waals surface area contributed by atoms with Crippen molar-refractivity contribution in [2.24, 2.45) is 11.8 Å². The fraction of sp³-hybridized carbons (Fsp3) is 0.308. The van der Waals surface area contributed by atoms with Gasteiger partial charge in [0, 0.05) is 29.6 Å². The van der Waals surface area contributed by atoms with Crippen molar-refractivity contribution >= 4 is 17.2 Å². The van der Waals surface area contributed by atoms with Crippen LogP contribution in [0.15, 0.2) is 61.4 Å². The van der Waals surface area contributed by atoms with Crippen LogP contribution in [0.1, 0.15) is 41.7 Å². The first kappa shape index (κ1) is 19.6. The first-order valence-electron chi connectivity index (χ1n) is 11.0. The molecule has 3 aromatic rings. The molecule has 5 heteroatoms. The minimum Gasteiger partial charge on any atom is -0.491 e. The molecule has 0 radical (unpaired) electrons. The summed E-state index contributed by atoms with van der Waals surface area (Å²) in [5, 5.41) is 3.51. The molecule has 0 unspecified atom stereocenters. The summed E-state index contributed by atoms with van der Waals surface area (Å²) in [5.74, 6) is 1.85. The largest absolute Gasteiger partial charge is 0.491 e. The van der Waals surface area contributed by atoms with Crippen molar-refractivity contribution in [2.45, 2.75) is 32.1 Å². The second-order valence-electron chi connectivity index (χ2n) is 8.57. The van der Waals surface area contributed by atoms with Gasteiger partial charge in [0.25, 0.3) is 0 Å². The second-order valence-corrected chi connectivity index (χ2v) is 8.57. The molecule has 1 saturated carbocycles. The number of hydrogen-bond acceptors (Lipinski definition) is 4. The third-order valence-corrected chi connectivity index (χ3v) is 6.09. The number of rotatable bonds is 8. The van der Waals surface area contributed by atoms with Gasteiger partial charge in [-0.1, -0.05) is 24.3 Å². The zero-order valence-electron chi connectivity index (χ0n) is 17.6. The molecule has 0 bridgehead atoms. The predicted molar refractivity (Wildman–Crippen MR) is 123 cm³/mol. The number of aromatic nitrogens is 2. The molecule has 5 nitrogen and oxygen atoms in total. The number of anilines is 2. The molecule has 0 amide bonds. The Balaban J connectivity index is 1.59. The Bertz CT molecular complexity index is 1100. The molecule has 31 heavy (non-hydrogen) atoms. The fourth-order valence-electron chi connectivity index (χ4n) is 4.33. The van der Waals surface area contributed by atoms with Gasteiger partial charge >= 0.3 is 0 Å². The molecule has 2 aliphatic rings. The van der Waals surface area contributed by atoms with E-state index in [1.807, 2.05) is 42.5 Å². The lowest BCUT2D eigenvalue weighted by atomic mass is 9.84. The Morgan fingerprint density at radius 2 is 2.00 bits per heavy atom. The van der Waals surface area contributed by atoms with Crippen LogP contribution >= 0.6 is 0 Å².